The zero-order chi connectivity index (χ0) is 25.6. The number of nitro groups is 1. The van der Waals surface area contributed by atoms with Crippen LogP contribution in [0, 0.1) is 10.1 Å². The summed E-state index contributed by atoms with van der Waals surface area (Å²) in [5.41, 5.74) is 3.88. The molecule has 1 spiro atoms. The van der Waals surface area contributed by atoms with Crippen LogP contribution in [0.25, 0.3) is 16.6 Å². The molecule has 0 saturated heterocycles. The van der Waals surface area contributed by atoms with E-state index in [2.05, 4.69) is 15.5 Å². The molecular formula is C26H20N6O4S. The van der Waals surface area contributed by atoms with Gasteiger partial charge in [0, 0.05) is 29.2 Å². The Hall–Kier alpha value is -4.64. The fourth-order valence-electron chi connectivity index (χ4n) is 4.44. The monoisotopic (exact) mass is 512 g/mol. The van der Waals surface area contributed by atoms with Gasteiger partial charge in [0.25, 0.3) is 5.69 Å². The predicted molar refractivity (Wildman–Crippen MR) is 143 cm³/mol. The van der Waals surface area contributed by atoms with Crippen molar-refractivity contribution in [3.05, 3.63) is 101 Å². The molecule has 0 fully saturated rings. The quantitative estimate of drug-likeness (QED) is 0.225. The molecule has 2 aliphatic heterocycles. The molecule has 0 radical (unpaired) electrons. The number of esters is 1. The van der Waals surface area contributed by atoms with Gasteiger partial charge >= 0.3 is 5.97 Å². The summed E-state index contributed by atoms with van der Waals surface area (Å²) in [6.07, 6.45) is 3.78. The molecule has 4 aromatic rings. The van der Waals surface area contributed by atoms with E-state index in [9.17, 15) is 14.9 Å². The smallest absolute Gasteiger partial charge is 0.365 e. The van der Waals surface area contributed by atoms with Crippen LogP contribution in [0.15, 0.2) is 90.2 Å². The number of aromatic nitrogens is 2. The number of rotatable bonds is 5. The Morgan fingerprint density at radius 3 is 2.62 bits per heavy atom. The molecule has 0 amide bonds. The van der Waals surface area contributed by atoms with Gasteiger partial charge in [0.05, 0.1) is 40.3 Å². The van der Waals surface area contributed by atoms with Gasteiger partial charge in [-0.05, 0) is 36.9 Å². The van der Waals surface area contributed by atoms with Gasteiger partial charge in [-0.1, -0.05) is 42.5 Å². The third-order valence-corrected chi connectivity index (χ3v) is 7.19. The zero-order valence-corrected chi connectivity index (χ0v) is 20.4. The van der Waals surface area contributed by atoms with Crippen LogP contribution in [-0.4, -0.2) is 37.3 Å². The zero-order valence-electron chi connectivity index (χ0n) is 19.6. The largest absolute Gasteiger partial charge is 0.461 e. The van der Waals surface area contributed by atoms with Gasteiger partial charge in [0.15, 0.2) is 0 Å². The highest BCUT2D eigenvalue weighted by molar-refractivity contribution is 8.17. The van der Waals surface area contributed by atoms with Crippen molar-refractivity contribution in [2.24, 2.45) is 5.10 Å². The molecule has 37 heavy (non-hydrogen) atoms. The number of hydrogen-bond acceptors (Lipinski definition) is 9. The molecule has 1 aromatic heterocycles. The van der Waals surface area contributed by atoms with Crippen LogP contribution >= 0.6 is 11.8 Å². The third-order valence-electron chi connectivity index (χ3n) is 6.05. The minimum absolute atomic E-state index is 0.0431. The summed E-state index contributed by atoms with van der Waals surface area (Å²) in [5.74, 6) is -0.548. The average Bonchev–Trinajstić information content (AvgIpc) is 3.47. The van der Waals surface area contributed by atoms with Gasteiger partial charge in [-0.15, -0.1) is 0 Å². The number of nitrogens with zero attached hydrogens (tertiary/aromatic N) is 5. The van der Waals surface area contributed by atoms with Crippen LogP contribution in [-0.2, 0) is 9.53 Å². The van der Waals surface area contributed by atoms with E-state index < -0.39 is 15.9 Å². The number of hydrogen-bond donors (Lipinski definition) is 1. The van der Waals surface area contributed by atoms with Gasteiger partial charge in [0.2, 0.25) is 10.0 Å². The number of nitro benzene ring substituents is 1. The Balaban J connectivity index is 1.58. The molecule has 1 atom stereocenters. The number of carbonyl (C=O) groups excluding carboxylic acids is 1. The summed E-state index contributed by atoms with van der Waals surface area (Å²) in [4.78, 5) is 22.5. The molecule has 1 unspecified atom stereocenters. The number of nitrogens with one attached hydrogen (secondary N) is 1. The van der Waals surface area contributed by atoms with Crippen molar-refractivity contribution in [3.63, 3.8) is 0 Å². The molecule has 0 bridgehead atoms. The molecule has 0 aliphatic carbocycles. The highest BCUT2D eigenvalue weighted by Crippen LogP contribution is 2.47. The Morgan fingerprint density at radius 1 is 1.11 bits per heavy atom. The van der Waals surface area contributed by atoms with Crippen LogP contribution < -0.4 is 10.3 Å². The van der Waals surface area contributed by atoms with Crippen LogP contribution in [0.3, 0.4) is 0 Å². The Labute approximate surface area is 215 Å². The summed E-state index contributed by atoms with van der Waals surface area (Å²) in [6, 6.07) is 21.7. The highest BCUT2D eigenvalue weighted by atomic mass is 32.2. The van der Waals surface area contributed by atoms with Gasteiger partial charge in [0.1, 0.15) is 0 Å². The number of anilines is 2. The lowest BCUT2D eigenvalue weighted by atomic mass is 10.1. The summed E-state index contributed by atoms with van der Waals surface area (Å²) in [6.45, 7) is 1.94. The number of para-hydroxylation sites is 1. The molecule has 3 aromatic carbocycles. The van der Waals surface area contributed by atoms with Crippen molar-refractivity contribution in [2.45, 2.75) is 11.9 Å². The topological polar surface area (TPSA) is 115 Å². The molecule has 1 N–H and O–H groups in total. The summed E-state index contributed by atoms with van der Waals surface area (Å²) < 4.78 is 7.14. The third kappa shape index (κ3) is 3.80. The fourth-order valence-corrected chi connectivity index (χ4v) is 5.56. The molecule has 0 saturated carbocycles. The molecular weight excluding hydrogens is 492 g/mol. The molecule has 11 heteroatoms. The van der Waals surface area contributed by atoms with Crippen molar-refractivity contribution in [2.75, 3.05) is 16.9 Å². The van der Waals surface area contributed by atoms with E-state index in [4.69, 9.17) is 4.74 Å². The normalized spacial score (nSPS) is 18.2. The van der Waals surface area contributed by atoms with Gasteiger partial charge < -0.3 is 10.1 Å². The summed E-state index contributed by atoms with van der Waals surface area (Å²) >= 11 is 1.20. The molecule has 184 valence electrons. The lowest BCUT2D eigenvalue weighted by molar-refractivity contribution is -0.384. The second-order valence-electron chi connectivity index (χ2n) is 8.33. The van der Waals surface area contributed by atoms with Crippen LogP contribution in [0.5, 0.6) is 0 Å². The lowest BCUT2D eigenvalue weighted by Crippen LogP contribution is -2.45. The lowest BCUT2D eigenvalue weighted by Gasteiger charge is -2.35. The molecule has 10 nitrogen and oxygen atoms in total. The fraction of sp³-hybridized carbons (Fsp3) is 0.115. The average molecular weight is 513 g/mol. The number of hydrazone groups is 1. The van der Waals surface area contributed by atoms with E-state index in [1.807, 2.05) is 65.5 Å². The predicted octanol–water partition coefficient (Wildman–Crippen LogP) is 5.04. The Kier molecular flexibility index (Phi) is 5.41. The maximum Gasteiger partial charge on any atom is 0.365 e. The summed E-state index contributed by atoms with van der Waals surface area (Å²) in [7, 11) is 0. The van der Waals surface area contributed by atoms with E-state index in [1.165, 1.54) is 23.9 Å². The number of non-ortho nitro benzene ring substituents is 1. The highest BCUT2D eigenvalue weighted by Gasteiger charge is 2.48. The Morgan fingerprint density at radius 2 is 1.89 bits per heavy atom. The van der Waals surface area contributed by atoms with Crippen molar-refractivity contribution >= 4 is 56.4 Å². The first-order valence-corrected chi connectivity index (χ1v) is 12.3. The maximum absolute atomic E-state index is 12.8. The van der Waals surface area contributed by atoms with E-state index in [0.29, 0.717) is 5.69 Å². The SMILES string of the molecule is CCOC(=O)C1=NN(c2ccc([N+](=O)[O-])cc2)C2(C=C(c3ccccc3)n3ncc4cccc(c43)N2)S1. The second-order valence-corrected chi connectivity index (χ2v) is 9.54. The van der Waals surface area contributed by atoms with Crippen molar-refractivity contribution in [3.8, 4) is 0 Å². The first kappa shape index (κ1) is 22.8. The first-order valence-electron chi connectivity index (χ1n) is 11.5. The second kappa shape index (κ2) is 8.79. The number of carbonyl (C=O) groups is 1. The minimum Gasteiger partial charge on any atom is -0.461 e. The Bertz CT molecular complexity index is 1600. The van der Waals surface area contributed by atoms with Crippen molar-refractivity contribution in [1.82, 2.24) is 9.78 Å². The van der Waals surface area contributed by atoms with E-state index >= 15 is 0 Å². The van der Waals surface area contributed by atoms with E-state index in [0.717, 1.165) is 27.9 Å². The van der Waals surface area contributed by atoms with Gasteiger partial charge in [-0.2, -0.15) is 10.2 Å². The molecule has 6 rings (SSSR count). The molecule has 3 heterocycles. The van der Waals surface area contributed by atoms with E-state index in [-0.39, 0.29) is 17.3 Å². The minimum atomic E-state index is -1.11. The van der Waals surface area contributed by atoms with Crippen LogP contribution in [0.4, 0.5) is 17.1 Å². The maximum atomic E-state index is 12.8. The number of ether oxygens (including phenoxy) is 1. The molecule has 2 aliphatic rings. The summed E-state index contributed by atoms with van der Waals surface area (Å²) in [5, 5.41) is 26.9. The number of thioether (sulfide) groups is 1. The van der Waals surface area contributed by atoms with Crippen molar-refractivity contribution in [1.29, 1.82) is 0 Å². The number of benzene rings is 3. The van der Waals surface area contributed by atoms with Gasteiger partial charge in [-0.3, -0.25) is 10.1 Å². The van der Waals surface area contributed by atoms with Crippen LogP contribution in [0.2, 0.25) is 0 Å². The van der Waals surface area contributed by atoms with Crippen LogP contribution in [0.1, 0.15) is 12.5 Å². The van der Waals surface area contributed by atoms with E-state index in [1.54, 1.807) is 24.1 Å². The van der Waals surface area contributed by atoms with Gasteiger partial charge in [-0.25, -0.2) is 14.5 Å². The first-order chi connectivity index (χ1) is 18.0. The van der Waals surface area contributed by atoms with Crippen molar-refractivity contribution < 1.29 is 14.5 Å². The standard InChI is InChI=1S/C26H20N6O4S/c1-2-36-25(33)24-29-31(19-11-13-20(14-12-19)32(34)35)26(37-24)15-22(17-7-4-3-5-8-17)30-23-18(16-27-30)9-6-10-21(23)28-26/h3-16,28H,2H2,1H3.